The average molecular weight is 287 g/mol. The highest BCUT2D eigenvalue weighted by atomic mass is 32.2. The molecule has 0 amide bonds. The van der Waals surface area contributed by atoms with Crippen LogP contribution < -0.4 is 4.72 Å². The minimum atomic E-state index is -3.23. The van der Waals surface area contributed by atoms with E-state index in [9.17, 15) is 8.42 Å². The fraction of sp³-hybridized carbons (Fsp3) is 0.538. The Morgan fingerprint density at radius 3 is 2.58 bits per heavy atom. The fourth-order valence-corrected chi connectivity index (χ4v) is 2.64. The van der Waals surface area contributed by atoms with Crippen molar-refractivity contribution in [1.29, 1.82) is 0 Å². The van der Waals surface area contributed by atoms with E-state index in [1.165, 1.54) is 0 Å². The van der Waals surface area contributed by atoms with E-state index >= 15 is 0 Å². The molecule has 0 spiro atoms. The van der Waals surface area contributed by atoms with Gasteiger partial charge < -0.3 is 9.84 Å². The van der Waals surface area contributed by atoms with E-state index in [0.29, 0.717) is 32.6 Å². The molecule has 5 nitrogen and oxygen atoms in total. The van der Waals surface area contributed by atoms with Gasteiger partial charge in [-0.2, -0.15) is 0 Å². The van der Waals surface area contributed by atoms with E-state index in [1.807, 2.05) is 30.3 Å². The van der Waals surface area contributed by atoms with Crippen molar-refractivity contribution in [2.45, 2.75) is 12.8 Å². The Bertz CT molecular complexity index is 433. The van der Waals surface area contributed by atoms with Crippen LogP contribution in [0.4, 0.5) is 0 Å². The number of aliphatic hydroxyl groups excluding tert-OH is 1. The number of hydrogen-bond acceptors (Lipinski definition) is 4. The van der Waals surface area contributed by atoms with Gasteiger partial charge in [0.1, 0.15) is 0 Å². The fourth-order valence-electron chi connectivity index (χ4n) is 1.54. The Labute approximate surface area is 114 Å². The van der Waals surface area contributed by atoms with Gasteiger partial charge in [-0.1, -0.05) is 30.3 Å². The summed E-state index contributed by atoms with van der Waals surface area (Å²) in [6, 6.07) is 9.53. The van der Waals surface area contributed by atoms with Crippen LogP contribution in [-0.4, -0.2) is 45.6 Å². The first-order chi connectivity index (χ1) is 9.14. The Morgan fingerprint density at radius 1 is 1.16 bits per heavy atom. The van der Waals surface area contributed by atoms with Gasteiger partial charge in [-0.3, -0.25) is 0 Å². The van der Waals surface area contributed by atoms with Crippen molar-refractivity contribution in [3.05, 3.63) is 35.9 Å². The number of benzene rings is 1. The van der Waals surface area contributed by atoms with Crippen LogP contribution in [0.3, 0.4) is 0 Å². The molecule has 1 aromatic rings. The third-order valence-corrected chi connectivity index (χ3v) is 3.91. The standard InChI is InChI=1S/C13H21NO4S/c15-9-11-18-10-4-8-14-19(16,17)12-7-13-5-2-1-3-6-13/h1-3,5-6,14-15H,4,7-12H2. The summed E-state index contributed by atoms with van der Waals surface area (Å²) in [5.74, 6) is 0.0918. The monoisotopic (exact) mass is 287 g/mol. The summed E-state index contributed by atoms with van der Waals surface area (Å²) in [6.45, 7) is 1.09. The number of sulfonamides is 1. The van der Waals surface area contributed by atoms with Gasteiger partial charge in [-0.05, 0) is 18.4 Å². The summed E-state index contributed by atoms with van der Waals surface area (Å²) in [7, 11) is -3.23. The first-order valence-electron chi connectivity index (χ1n) is 6.34. The largest absolute Gasteiger partial charge is 0.394 e. The van der Waals surface area contributed by atoms with Gasteiger partial charge in [0.25, 0.3) is 0 Å². The highest BCUT2D eigenvalue weighted by molar-refractivity contribution is 7.89. The molecule has 6 heteroatoms. The third-order valence-electron chi connectivity index (χ3n) is 2.53. The van der Waals surface area contributed by atoms with Crippen LogP contribution in [0.5, 0.6) is 0 Å². The van der Waals surface area contributed by atoms with Gasteiger partial charge in [0.2, 0.25) is 10.0 Å². The summed E-state index contributed by atoms with van der Waals surface area (Å²) in [4.78, 5) is 0. The molecule has 0 heterocycles. The van der Waals surface area contributed by atoms with Gasteiger partial charge in [-0.25, -0.2) is 13.1 Å². The lowest BCUT2D eigenvalue weighted by atomic mass is 10.2. The van der Waals surface area contributed by atoms with Gasteiger partial charge in [0.05, 0.1) is 19.0 Å². The topological polar surface area (TPSA) is 75.6 Å². The van der Waals surface area contributed by atoms with E-state index in [4.69, 9.17) is 9.84 Å². The highest BCUT2D eigenvalue weighted by Gasteiger charge is 2.09. The van der Waals surface area contributed by atoms with E-state index < -0.39 is 10.0 Å². The zero-order valence-electron chi connectivity index (χ0n) is 10.9. The van der Waals surface area contributed by atoms with Crippen LogP contribution in [0.2, 0.25) is 0 Å². The minimum absolute atomic E-state index is 0.0111. The minimum Gasteiger partial charge on any atom is -0.394 e. The molecule has 2 N–H and O–H groups in total. The Balaban J connectivity index is 2.17. The van der Waals surface area contributed by atoms with E-state index in [-0.39, 0.29) is 12.4 Å². The maximum absolute atomic E-state index is 11.7. The molecule has 1 rings (SSSR count). The number of hydrogen-bond donors (Lipinski definition) is 2. The molecule has 0 saturated carbocycles. The second-order valence-corrected chi connectivity index (χ2v) is 6.06. The molecule has 0 radical (unpaired) electrons. The number of nitrogens with one attached hydrogen (secondary N) is 1. The lowest BCUT2D eigenvalue weighted by Gasteiger charge is -2.07. The summed E-state index contributed by atoms with van der Waals surface area (Å²) >= 11 is 0. The van der Waals surface area contributed by atoms with Crippen molar-refractivity contribution in [1.82, 2.24) is 4.72 Å². The van der Waals surface area contributed by atoms with E-state index in [0.717, 1.165) is 5.56 Å². The molecule has 0 unspecified atom stereocenters. The molecular weight excluding hydrogens is 266 g/mol. The second-order valence-electron chi connectivity index (χ2n) is 4.14. The van der Waals surface area contributed by atoms with Crippen LogP contribution in [0.15, 0.2) is 30.3 Å². The summed E-state index contributed by atoms with van der Waals surface area (Å²) in [6.07, 6.45) is 1.11. The smallest absolute Gasteiger partial charge is 0.211 e. The zero-order chi connectivity index (χ0) is 14.0. The molecule has 0 bridgehead atoms. The van der Waals surface area contributed by atoms with Crippen molar-refractivity contribution in [2.24, 2.45) is 0 Å². The first-order valence-corrected chi connectivity index (χ1v) is 7.99. The van der Waals surface area contributed by atoms with Crippen LogP contribution >= 0.6 is 0 Å². The van der Waals surface area contributed by atoms with Crippen LogP contribution in [0.1, 0.15) is 12.0 Å². The van der Waals surface area contributed by atoms with Gasteiger partial charge >= 0.3 is 0 Å². The van der Waals surface area contributed by atoms with Gasteiger partial charge in [0.15, 0.2) is 0 Å². The molecule has 0 aliphatic heterocycles. The highest BCUT2D eigenvalue weighted by Crippen LogP contribution is 2.01. The molecule has 0 saturated heterocycles. The lowest BCUT2D eigenvalue weighted by Crippen LogP contribution is -2.28. The quantitative estimate of drug-likeness (QED) is 0.616. The molecular formula is C13H21NO4S. The van der Waals surface area contributed by atoms with Crippen molar-refractivity contribution < 1.29 is 18.3 Å². The molecule has 108 valence electrons. The molecule has 0 fully saturated rings. The Kier molecular flexibility index (Phi) is 7.66. The molecule has 0 aromatic heterocycles. The predicted molar refractivity (Wildman–Crippen MR) is 74.5 cm³/mol. The normalized spacial score (nSPS) is 11.6. The second kappa shape index (κ2) is 9.03. The van der Waals surface area contributed by atoms with Crippen molar-refractivity contribution >= 4 is 10.0 Å². The van der Waals surface area contributed by atoms with Crippen LogP contribution in [0.25, 0.3) is 0 Å². The maximum Gasteiger partial charge on any atom is 0.211 e. The van der Waals surface area contributed by atoms with Gasteiger partial charge in [-0.15, -0.1) is 0 Å². The Morgan fingerprint density at radius 2 is 1.89 bits per heavy atom. The molecule has 0 atom stereocenters. The SMILES string of the molecule is O=S(=O)(CCc1ccccc1)NCCCOCCO. The summed E-state index contributed by atoms with van der Waals surface area (Å²) < 4.78 is 31.0. The van der Waals surface area contributed by atoms with Crippen molar-refractivity contribution in [3.8, 4) is 0 Å². The zero-order valence-corrected chi connectivity index (χ0v) is 11.7. The number of ether oxygens (including phenoxy) is 1. The third kappa shape index (κ3) is 7.94. The van der Waals surface area contributed by atoms with E-state index in [2.05, 4.69) is 4.72 Å². The number of aryl methyl sites for hydroxylation is 1. The molecule has 0 aliphatic rings. The maximum atomic E-state index is 11.7. The molecule has 0 aliphatic carbocycles. The average Bonchev–Trinajstić information content (AvgIpc) is 2.42. The molecule has 19 heavy (non-hydrogen) atoms. The first kappa shape index (κ1) is 16.1. The Hall–Kier alpha value is -0.950. The van der Waals surface area contributed by atoms with Crippen LogP contribution in [0, 0.1) is 0 Å². The number of aliphatic hydroxyl groups is 1. The van der Waals surface area contributed by atoms with Crippen LogP contribution in [-0.2, 0) is 21.2 Å². The van der Waals surface area contributed by atoms with E-state index in [1.54, 1.807) is 0 Å². The van der Waals surface area contributed by atoms with Crippen molar-refractivity contribution in [2.75, 3.05) is 32.1 Å². The van der Waals surface area contributed by atoms with Crippen molar-refractivity contribution in [3.63, 3.8) is 0 Å². The lowest BCUT2D eigenvalue weighted by molar-refractivity contribution is 0.0913. The summed E-state index contributed by atoms with van der Waals surface area (Å²) in [5.41, 5.74) is 1.01. The molecule has 1 aromatic carbocycles. The predicted octanol–water partition coefficient (Wildman–Crippen LogP) is 0.548. The summed E-state index contributed by atoms with van der Waals surface area (Å²) in [5, 5.41) is 8.49. The van der Waals surface area contributed by atoms with Gasteiger partial charge in [0, 0.05) is 13.2 Å². The number of rotatable bonds is 10.